The highest BCUT2D eigenvalue weighted by Gasteiger charge is 2.11. The zero-order valence-electron chi connectivity index (χ0n) is 17.1. The van der Waals surface area contributed by atoms with Crippen molar-refractivity contribution in [2.24, 2.45) is 0 Å². The van der Waals surface area contributed by atoms with Crippen LogP contribution < -0.4 is 16.0 Å². The molecule has 150 valence electrons. The number of benzene rings is 2. The second kappa shape index (κ2) is 10.2. The van der Waals surface area contributed by atoms with E-state index in [2.05, 4.69) is 35.9 Å². The van der Waals surface area contributed by atoms with Crippen LogP contribution in [0.4, 0.5) is 16.2 Å². The maximum atomic E-state index is 12.6. The largest absolute Gasteiger partial charge is 0.336 e. The summed E-state index contributed by atoms with van der Waals surface area (Å²) >= 11 is 1.83. The molecule has 0 aliphatic heterocycles. The van der Waals surface area contributed by atoms with E-state index in [4.69, 9.17) is 0 Å². The normalized spacial score (nSPS) is 11.8. The first kappa shape index (κ1) is 21.8. The average Bonchev–Trinajstić information content (AvgIpc) is 2.63. The van der Waals surface area contributed by atoms with E-state index in [0.717, 1.165) is 17.7 Å². The van der Waals surface area contributed by atoms with Gasteiger partial charge in [0.05, 0.1) is 0 Å². The molecule has 3 N–H and O–H groups in total. The molecule has 0 fully saturated rings. The molecule has 0 heterocycles. The summed E-state index contributed by atoms with van der Waals surface area (Å²) in [7, 11) is 0. The van der Waals surface area contributed by atoms with Crippen molar-refractivity contribution < 1.29 is 9.59 Å². The van der Waals surface area contributed by atoms with E-state index < -0.39 is 0 Å². The topological polar surface area (TPSA) is 70.2 Å². The summed E-state index contributed by atoms with van der Waals surface area (Å²) in [4.78, 5) is 25.7. The van der Waals surface area contributed by atoms with Gasteiger partial charge in [0.1, 0.15) is 0 Å². The number of carbonyl (C=O) groups excluding carboxylic acids is 2. The summed E-state index contributed by atoms with van der Waals surface area (Å²) in [5.41, 5.74) is 2.87. The maximum absolute atomic E-state index is 12.6. The minimum atomic E-state index is -0.294. The van der Waals surface area contributed by atoms with Crippen molar-refractivity contribution in [2.45, 2.75) is 57.2 Å². The fourth-order valence-corrected chi connectivity index (χ4v) is 3.55. The van der Waals surface area contributed by atoms with E-state index in [1.165, 1.54) is 4.90 Å². The summed E-state index contributed by atoms with van der Waals surface area (Å²) < 4.78 is 0. The van der Waals surface area contributed by atoms with Crippen LogP contribution in [0.2, 0.25) is 0 Å². The summed E-state index contributed by atoms with van der Waals surface area (Å²) in [5, 5.41) is 9.02. The Hall–Kier alpha value is -2.47. The van der Waals surface area contributed by atoms with Gasteiger partial charge < -0.3 is 16.0 Å². The van der Waals surface area contributed by atoms with Gasteiger partial charge in [-0.1, -0.05) is 19.9 Å². The SMILES string of the molecule is CCC(C)Sc1ccc(NC(=O)c2cccc(NC(=O)NC(C)C)c2)c(C)c1. The Morgan fingerprint density at radius 2 is 1.79 bits per heavy atom. The first-order chi connectivity index (χ1) is 13.3. The lowest BCUT2D eigenvalue weighted by atomic mass is 10.1. The molecule has 1 atom stereocenters. The molecule has 5 nitrogen and oxygen atoms in total. The quantitative estimate of drug-likeness (QED) is 0.526. The van der Waals surface area contributed by atoms with Crippen LogP contribution in [0.5, 0.6) is 0 Å². The molecule has 6 heteroatoms. The van der Waals surface area contributed by atoms with Crippen molar-refractivity contribution in [2.75, 3.05) is 10.6 Å². The number of carbonyl (C=O) groups is 2. The highest BCUT2D eigenvalue weighted by molar-refractivity contribution is 7.99. The molecular formula is C22H29N3O2S. The van der Waals surface area contributed by atoms with Crippen LogP contribution >= 0.6 is 11.8 Å². The fraction of sp³-hybridized carbons (Fsp3) is 0.364. The van der Waals surface area contributed by atoms with E-state index in [1.807, 2.05) is 44.7 Å². The van der Waals surface area contributed by atoms with Crippen LogP contribution in [-0.2, 0) is 0 Å². The summed E-state index contributed by atoms with van der Waals surface area (Å²) in [5.74, 6) is -0.210. The van der Waals surface area contributed by atoms with Gasteiger partial charge in [0.2, 0.25) is 0 Å². The molecule has 0 aromatic heterocycles. The third-order valence-electron chi connectivity index (χ3n) is 4.16. The second-order valence-electron chi connectivity index (χ2n) is 7.10. The zero-order chi connectivity index (χ0) is 20.7. The van der Waals surface area contributed by atoms with Gasteiger partial charge in [0.15, 0.2) is 0 Å². The molecule has 2 aromatic carbocycles. The minimum Gasteiger partial charge on any atom is -0.336 e. The van der Waals surface area contributed by atoms with Gasteiger partial charge in [-0.3, -0.25) is 4.79 Å². The van der Waals surface area contributed by atoms with Gasteiger partial charge in [-0.25, -0.2) is 4.79 Å². The lowest BCUT2D eigenvalue weighted by molar-refractivity contribution is 0.102. The van der Waals surface area contributed by atoms with Crippen LogP contribution in [-0.4, -0.2) is 23.2 Å². The highest BCUT2D eigenvalue weighted by Crippen LogP contribution is 2.28. The van der Waals surface area contributed by atoms with Crippen LogP contribution in [0, 0.1) is 6.92 Å². The zero-order valence-corrected chi connectivity index (χ0v) is 17.9. The van der Waals surface area contributed by atoms with Gasteiger partial charge in [-0.2, -0.15) is 0 Å². The van der Waals surface area contributed by atoms with E-state index in [1.54, 1.807) is 24.3 Å². The van der Waals surface area contributed by atoms with E-state index in [0.29, 0.717) is 16.5 Å². The highest BCUT2D eigenvalue weighted by atomic mass is 32.2. The van der Waals surface area contributed by atoms with Crippen molar-refractivity contribution in [3.8, 4) is 0 Å². The molecule has 0 saturated carbocycles. The number of urea groups is 1. The Kier molecular flexibility index (Phi) is 7.93. The molecule has 28 heavy (non-hydrogen) atoms. The standard InChI is InChI=1S/C22H29N3O2S/c1-6-16(5)28-19-10-11-20(15(4)12-19)25-21(26)17-8-7-9-18(13-17)24-22(27)23-14(2)3/h7-14,16H,6H2,1-5H3,(H,25,26)(H2,23,24,27). The van der Waals surface area contributed by atoms with Crippen LogP contribution in [0.25, 0.3) is 0 Å². The number of amides is 3. The second-order valence-corrected chi connectivity index (χ2v) is 8.61. The lowest BCUT2D eigenvalue weighted by Gasteiger charge is -2.13. The van der Waals surface area contributed by atoms with E-state index in [9.17, 15) is 9.59 Å². The lowest BCUT2D eigenvalue weighted by Crippen LogP contribution is -2.34. The third-order valence-corrected chi connectivity index (χ3v) is 5.42. The van der Waals surface area contributed by atoms with Crippen LogP contribution in [0.15, 0.2) is 47.4 Å². The van der Waals surface area contributed by atoms with Gasteiger partial charge >= 0.3 is 6.03 Å². The molecule has 2 rings (SSSR count). The molecule has 0 bridgehead atoms. The Balaban J connectivity index is 2.06. The number of anilines is 2. The monoisotopic (exact) mass is 399 g/mol. The molecule has 1 unspecified atom stereocenters. The van der Waals surface area contributed by atoms with E-state index >= 15 is 0 Å². The number of hydrogen-bond acceptors (Lipinski definition) is 3. The molecule has 3 amide bonds. The van der Waals surface area contributed by atoms with Gasteiger partial charge in [-0.15, -0.1) is 11.8 Å². The smallest absolute Gasteiger partial charge is 0.319 e. The third kappa shape index (κ3) is 6.60. The van der Waals surface area contributed by atoms with Gasteiger partial charge in [0, 0.05) is 33.1 Å². The number of rotatable bonds is 7. The molecule has 2 aromatic rings. The molecule has 0 aliphatic carbocycles. The molecule has 0 aliphatic rings. The van der Waals surface area contributed by atoms with Gasteiger partial charge in [-0.05, 0) is 69.2 Å². The maximum Gasteiger partial charge on any atom is 0.319 e. The summed E-state index contributed by atoms with van der Waals surface area (Å²) in [6.45, 7) is 10.1. The van der Waals surface area contributed by atoms with Crippen molar-refractivity contribution in [1.82, 2.24) is 5.32 Å². The Labute approximate surface area is 171 Å². The Morgan fingerprint density at radius 1 is 1.04 bits per heavy atom. The molecular weight excluding hydrogens is 370 g/mol. The molecule has 0 spiro atoms. The minimum absolute atomic E-state index is 0.0379. The number of hydrogen-bond donors (Lipinski definition) is 3. The Morgan fingerprint density at radius 3 is 2.43 bits per heavy atom. The number of thioether (sulfide) groups is 1. The number of aryl methyl sites for hydroxylation is 1. The van der Waals surface area contributed by atoms with Gasteiger partial charge in [0.25, 0.3) is 5.91 Å². The molecule has 0 radical (unpaired) electrons. The predicted molar refractivity (Wildman–Crippen MR) is 118 cm³/mol. The first-order valence-corrected chi connectivity index (χ1v) is 10.4. The van der Waals surface area contributed by atoms with Crippen molar-refractivity contribution in [3.05, 3.63) is 53.6 Å². The fourth-order valence-electron chi connectivity index (χ4n) is 2.53. The van der Waals surface area contributed by atoms with Crippen molar-refractivity contribution in [1.29, 1.82) is 0 Å². The summed E-state index contributed by atoms with van der Waals surface area (Å²) in [6, 6.07) is 12.7. The first-order valence-electron chi connectivity index (χ1n) is 9.54. The van der Waals surface area contributed by atoms with Crippen LogP contribution in [0.3, 0.4) is 0 Å². The summed E-state index contributed by atoms with van der Waals surface area (Å²) in [6.07, 6.45) is 1.11. The predicted octanol–water partition coefficient (Wildman–Crippen LogP) is 5.67. The van der Waals surface area contributed by atoms with Crippen molar-refractivity contribution >= 4 is 35.1 Å². The van der Waals surface area contributed by atoms with E-state index in [-0.39, 0.29) is 18.0 Å². The average molecular weight is 400 g/mol. The Bertz CT molecular complexity index is 836. The van der Waals surface area contributed by atoms with Crippen LogP contribution in [0.1, 0.15) is 50.0 Å². The molecule has 0 saturated heterocycles. The van der Waals surface area contributed by atoms with Crippen molar-refractivity contribution in [3.63, 3.8) is 0 Å². The number of nitrogens with one attached hydrogen (secondary N) is 3.